The van der Waals surface area contributed by atoms with Gasteiger partial charge in [0.1, 0.15) is 0 Å². The monoisotopic (exact) mass is 660 g/mol. The molecular formula is C50H32N2. The second-order valence-electron chi connectivity index (χ2n) is 13.7. The molecule has 2 aromatic heterocycles. The van der Waals surface area contributed by atoms with Crippen molar-refractivity contribution in [3.63, 3.8) is 0 Å². The molecule has 0 saturated carbocycles. The number of rotatable bonds is 4. The molecule has 11 rings (SSSR count). The molecule has 0 unspecified atom stereocenters. The van der Waals surface area contributed by atoms with Crippen molar-refractivity contribution in [2.24, 2.45) is 0 Å². The molecule has 0 fully saturated rings. The Morgan fingerprint density at radius 1 is 0.288 bits per heavy atom. The average Bonchev–Trinajstić information content (AvgIpc) is 3.73. The van der Waals surface area contributed by atoms with Crippen LogP contribution >= 0.6 is 0 Å². The fraction of sp³-hybridized carbons (Fsp3) is 0. The number of aromatic nitrogens is 2. The van der Waals surface area contributed by atoms with E-state index in [-0.39, 0.29) is 0 Å². The second kappa shape index (κ2) is 11.3. The summed E-state index contributed by atoms with van der Waals surface area (Å²) >= 11 is 0. The summed E-state index contributed by atoms with van der Waals surface area (Å²) in [5.74, 6) is 0. The van der Waals surface area contributed by atoms with Crippen molar-refractivity contribution in [3.8, 4) is 33.6 Å². The number of fused-ring (bicyclic) bond motifs is 9. The van der Waals surface area contributed by atoms with Crippen LogP contribution < -0.4 is 0 Å². The summed E-state index contributed by atoms with van der Waals surface area (Å²) < 4.78 is 4.90. The average molecular weight is 661 g/mol. The molecule has 0 spiro atoms. The predicted octanol–water partition coefficient (Wildman–Crippen LogP) is 13.5. The van der Waals surface area contributed by atoms with Gasteiger partial charge >= 0.3 is 0 Å². The topological polar surface area (TPSA) is 9.86 Å². The number of nitrogens with zero attached hydrogens (tertiary/aromatic N) is 2. The third-order valence-corrected chi connectivity index (χ3v) is 10.9. The van der Waals surface area contributed by atoms with Crippen LogP contribution in [0.4, 0.5) is 0 Å². The molecule has 0 aliphatic carbocycles. The van der Waals surface area contributed by atoms with E-state index in [9.17, 15) is 0 Å². The van der Waals surface area contributed by atoms with E-state index in [1.54, 1.807) is 0 Å². The molecule has 0 N–H and O–H groups in total. The van der Waals surface area contributed by atoms with Gasteiger partial charge in [0.2, 0.25) is 0 Å². The molecule has 52 heavy (non-hydrogen) atoms. The van der Waals surface area contributed by atoms with E-state index in [1.807, 2.05) is 0 Å². The van der Waals surface area contributed by atoms with Crippen molar-refractivity contribution in [2.75, 3.05) is 0 Å². The van der Waals surface area contributed by atoms with E-state index in [0.717, 1.165) is 5.69 Å². The van der Waals surface area contributed by atoms with Gasteiger partial charge in [-0.15, -0.1) is 0 Å². The molecule has 0 saturated heterocycles. The van der Waals surface area contributed by atoms with Gasteiger partial charge in [-0.3, -0.25) is 0 Å². The third-order valence-electron chi connectivity index (χ3n) is 10.9. The summed E-state index contributed by atoms with van der Waals surface area (Å²) in [7, 11) is 0. The molecule has 11 aromatic rings. The van der Waals surface area contributed by atoms with E-state index in [2.05, 4.69) is 203 Å². The lowest BCUT2D eigenvalue weighted by Gasteiger charge is -2.14. The smallest absolute Gasteiger partial charge is 0.0547 e. The largest absolute Gasteiger partial charge is 0.309 e. The van der Waals surface area contributed by atoms with Crippen molar-refractivity contribution < 1.29 is 0 Å². The Labute approximate surface area is 301 Å². The fourth-order valence-electron chi connectivity index (χ4n) is 8.59. The van der Waals surface area contributed by atoms with Crippen LogP contribution in [0.5, 0.6) is 0 Å². The van der Waals surface area contributed by atoms with Gasteiger partial charge < -0.3 is 9.13 Å². The zero-order chi connectivity index (χ0) is 34.2. The lowest BCUT2D eigenvalue weighted by molar-refractivity contribution is 1.18. The zero-order valence-corrected chi connectivity index (χ0v) is 28.4. The minimum atomic E-state index is 1.15. The Balaban J connectivity index is 1.16. The lowest BCUT2D eigenvalue weighted by atomic mass is 9.98. The zero-order valence-electron chi connectivity index (χ0n) is 28.4. The maximum Gasteiger partial charge on any atom is 0.0547 e. The molecule has 2 heterocycles. The van der Waals surface area contributed by atoms with Crippen molar-refractivity contribution >= 4 is 65.2 Å². The van der Waals surface area contributed by atoms with E-state index in [0.29, 0.717) is 0 Å². The van der Waals surface area contributed by atoms with Gasteiger partial charge in [-0.2, -0.15) is 0 Å². The minimum absolute atomic E-state index is 1.15. The summed E-state index contributed by atoms with van der Waals surface area (Å²) in [6, 6.07) is 71.0. The molecule has 0 aliphatic rings. The molecule has 9 aromatic carbocycles. The van der Waals surface area contributed by atoms with Crippen molar-refractivity contribution in [3.05, 3.63) is 194 Å². The van der Waals surface area contributed by atoms with Gasteiger partial charge in [-0.05, 0) is 80.9 Å². The molecule has 2 nitrogen and oxygen atoms in total. The molecular weight excluding hydrogens is 629 g/mol. The SMILES string of the molecule is c1ccc(-c2ccc(-n3c4ccccc4c4ccc(-c5cccc6c5c5ccccc5n6-c5cc6ccccc6c6ccccc56)cc43)cc2)cc1. The summed E-state index contributed by atoms with van der Waals surface area (Å²) in [6.45, 7) is 0. The molecule has 2 heteroatoms. The maximum atomic E-state index is 2.48. The van der Waals surface area contributed by atoms with E-state index in [4.69, 9.17) is 0 Å². The highest BCUT2D eigenvalue weighted by Crippen LogP contribution is 2.43. The summed E-state index contributed by atoms with van der Waals surface area (Å²) in [4.78, 5) is 0. The Bertz CT molecular complexity index is 3160. The van der Waals surface area contributed by atoms with Crippen LogP contribution in [-0.4, -0.2) is 9.13 Å². The van der Waals surface area contributed by atoms with Crippen LogP contribution in [0.2, 0.25) is 0 Å². The maximum absolute atomic E-state index is 2.48. The highest BCUT2D eigenvalue weighted by Gasteiger charge is 2.20. The third kappa shape index (κ3) is 4.25. The lowest BCUT2D eigenvalue weighted by Crippen LogP contribution is -1.96. The van der Waals surface area contributed by atoms with Gasteiger partial charge in [0.05, 0.1) is 27.8 Å². The van der Waals surface area contributed by atoms with Crippen molar-refractivity contribution in [1.29, 1.82) is 0 Å². The molecule has 0 bridgehead atoms. The number of hydrogen-bond donors (Lipinski definition) is 0. The van der Waals surface area contributed by atoms with Crippen LogP contribution in [-0.2, 0) is 0 Å². The molecule has 0 amide bonds. The van der Waals surface area contributed by atoms with Crippen molar-refractivity contribution in [2.45, 2.75) is 0 Å². The fourth-order valence-corrected chi connectivity index (χ4v) is 8.59. The van der Waals surface area contributed by atoms with Crippen LogP contribution in [0.3, 0.4) is 0 Å². The Morgan fingerprint density at radius 2 is 0.865 bits per heavy atom. The highest BCUT2D eigenvalue weighted by molar-refractivity contribution is 6.19. The normalized spacial score (nSPS) is 11.8. The molecule has 0 aliphatic heterocycles. The Kier molecular flexibility index (Phi) is 6.28. The van der Waals surface area contributed by atoms with E-state index >= 15 is 0 Å². The van der Waals surface area contributed by atoms with Crippen LogP contribution in [0, 0.1) is 0 Å². The minimum Gasteiger partial charge on any atom is -0.309 e. The quantitative estimate of drug-likeness (QED) is 0.166. The van der Waals surface area contributed by atoms with Gasteiger partial charge in [-0.1, -0.05) is 152 Å². The van der Waals surface area contributed by atoms with E-state index < -0.39 is 0 Å². The first-order valence-corrected chi connectivity index (χ1v) is 17.9. The molecule has 0 atom stereocenters. The molecule has 0 radical (unpaired) electrons. The Morgan fingerprint density at radius 3 is 1.67 bits per heavy atom. The second-order valence-corrected chi connectivity index (χ2v) is 13.7. The first-order chi connectivity index (χ1) is 25.8. The number of benzene rings is 9. The predicted molar refractivity (Wildman–Crippen MR) is 221 cm³/mol. The molecule has 242 valence electrons. The summed E-state index contributed by atoms with van der Waals surface area (Å²) in [5, 5.41) is 10.1. The van der Waals surface area contributed by atoms with Gasteiger partial charge in [0.25, 0.3) is 0 Å². The van der Waals surface area contributed by atoms with Crippen LogP contribution in [0.1, 0.15) is 0 Å². The first kappa shape index (κ1) is 28.9. The standard InChI is InChI=1S/C50H32N2/c1-2-13-33(14-3-1)34-25-28-37(29-26-34)51-45-22-10-8-19-42(45)43-30-27-36(32-48(43)51)39-21-12-24-47-50(39)44-20-9-11-23-46(44)52(47)49-31-35-15-4-5-16-38(35)40-17-6-7-18-41(40)49/h1-32H. The van der Waals surface area contributed by atoms with Crippen molar-refractivity contribution in [1.82, 2.24) is 9.13 Å². The summed E-state index contributed by atoms with van der Waals surface area (Å²) in [5.41, 5.74) is 12.1. The van der Waals surface area contributed by atoms with Gasteiger partial charge in [0.15, 0.2) is 0 Å². The summed E-state index contributed by atoms with van der Waals surface area (Å²) in [6.07, 6.45) is 0. The van der Waals surface area contributed by atoms with Crippen LogP contribution in [0.15, 0.2) is 194 Å². The van der Waals surface area contributed by atoms with Gasteiger partial charge in [-0.25, -0.2) is 0 Å². The van der Waals surface area contributed by atoms with Crippen LogP contribution in [0.25, 0.3) is 98.8 Å². The highest BCUT2D eigenvalue weighted by atomic mass is 15.0. The first-order valence-electron chi connectivity index (χ1n) is 17.9. The van der Waals surface area contributed by atoms with Gasteiger partial charge in [0, 0.05) is 32.6 Å². The number of para-hydroxylation sites is 2. The Hall–Kier alpha value is -6.90. The van der Waals surface area contributed by atoms with E-state index in [1.165, 1.54) is 93.1 Å². The number of hydrogen-bond acceptors (Lipinski definition) is 0.